The van der Waals surface area contributed by atoms with Crippen molar-refractivity contribution < 1.29 is 17.5 Å². The molecule has 0 bridgehead atoms. The van der Waals surface area contributed by atoms with Crippen LogP contribution in [-0.2, 0) is 14.8 Å². The Morgan fingerprint density at radius 1 is 1.14 bits per heavy atom. The summed E-state index contributed by atoms with van der Waals surface area (Å²) in [5.74, 6) is 0.125. The first-order valence-electron chi connectivity index (χ1n) is 8.74. The second-order valence-electron chi connectivity index (χ2n) is 6.44. The lowest BCUT2D eigenvalue weighted by Crippen LogP contribution is -2.40. The lowest BCUT2D eigenvalue weighted by atomic mass is 10.2. The fourth-order valence-electron chi connectivity index (χ4n) is 3.05. The smallest absolute Gasteiger partial charge is 0.244 e. The Kier molecular flexibility index (Phi) is 5.76. The molecule has 1 saturated heterocycles. The summed E-state index contributed by atoms with van der Waals surface area (Å²) >= 11 is 9.38. The van der Waals surface area contributed by atoms with Crippen molar-refractivity contribution >= 4 is 37.6 Å². The van der Waals surface area contributed by atoms with Gasteiger partial charge in [0.05, 0.1) is 34.6 Å². The fourth-order valence-corrected chi connectivity index (χ4v) is 5.34. The van der Waals surface area contributed by atoms with Crippen LogP contribution in [0.25, 0.3) is 22.6 Å². The van der Waals surface area contributed by atoms with Crippen molar-refractivity contribution in [2.45, 2.75) is 4.90 Å². The average molecular weight is 501 g/mol. The molecule has 29 heavy (non-hydrogen) atoms. The van der Waals surface area contributed by atoms with Gasteiger partial charge in [-0.15, -0.1) is 0 Å². The number of aromatic nitrogens is 2. The van der Waals surface area contributed by atoms with Gasteiger partial charge in [-0.3, -0.25) is 0 Å². The molecule has 6 nitrogen and oxygen atoms in total. The highest BCUT2D eigenvalue weighted by Crippen LogP contribution is 2.31. The molecular formula is C19H16BrClFN3O3S. The van der Waals surface area contributed by atoms with E-state index >= 15 is 0 Å². The van der Waals surface area contributed by atoms with Gasteiger partial charge in [0.2, 0.25) is 10.0 Å². The van der Waals surface area contributed by atoms with Gasteiger partial charge in [-0.05, 0) is 52.3 Å². The van der Waals surface area contributed by atoms with E-state index < -0.39 is 10.0 Å². The van der Waals surface area contributed by atoms with Gasteiger partial charge in [0.25, 0.3) is 0 Å². The molecule has 0 aliphatic carbocycles. The zero-order valence-corrected chi connectivity index (χ0v) is 18.2. The summed E-state index contributed by atoms with van der Waals surface area (Å²) in [5.41, 5.74) is 1.99. The maximum Gasteiger partial charge on any atom is 0.244 e. The van der Waals surface area contributed by atoms with Gasteiger partial charge in [0.15, 0.2) is 0 Å². The predicted octanol–water partition coefficient (Wildman–Crippen LogP) is 4.32. The van der Waals surface area contributed by atoms with Crippen molar-refractivity contribution in [3.63, 3.8) is 0 Å². The van der Waals surface area contributed by atoms with Gasteiger partial charge >= 0.3 is 0 Å². The van der Waals surface area contributed by atoms with Crippen LogP contribution >= 0.6 is 27.5 Å². The highest BCUT2D eigenvalue weighted by atomic mass is 79.9. The number of nitrogens with one attached hydrogen (secondary N) is 1. The molecule has 1 aliphatic heterocycles. The summed E-state index contributed by atoms with van der Waals surface area (Å²) in [6.45, 7) is 1.27. The fraction of sp³-hybridized carbons (Fsp3) is 0.211. The number of ether oxygens (including phenoxy) is 1. The molecule has 0 saturated carbocycles. The number of halogens is 3. The number of imidazole rings is 1. The van der Waals surface area contributed by atoms with Crippen LogP contribution < -0.4 is 0 Å². The highest BCUT2D eigenvalue weighted by Gasteiger charge is 2.28. The molecule has 1 aliphatic rings. The number of H-pyrrole nitrogens is 1. The summed E-state index contributed by atoms with van der Waals surface area (Å²) in [6.07, 6.45) is 1.61. The van der Waals surface area contributed by atoms with E-state index in [-0.39, 0.29) is 28.8 Å². The van der Waals surface area contributed by atoms with Crippen LogP contribution in [0.15, 0.2) is 52.0 Å². The van der Waals surface area contributed by atoms with Crippen LogP contribution in [0.2, 0.25) is 5.02 Å². The van der Waals surface area contributed by atoms with Crippen LogP contribution in [0.1, 0.15) is 0 Å². The highest BCUT2D eigenvalue weighted by molar-refractivity contribution is 9.10. The lowest BCUT2D eigenvalue weighted by molar-refractivity contribution is 0.0730. The molecule has 0 unspecified atom stereocenters. The van der Waals surface area contributed by atoms with E-state index in [1.807, 2.05) is 0 Å². The minimum absolute atomic E-state index is 0.0287. The summed E-state index contributed by atoms with van der Waals surface area (Å²) in [7, 11) is -3.75. The molecule has 1 fully saturated rings. The maximum atomic E-state index is 13.5. The Morgan fingerprint density at radius 2 is 1.86 bits per heavy atom. The molecule has 0 spiro atoms. The number of morpholine rings is 1. The molecule has 0 amide bonds. The predicted molar refractivity (Wildman–Crippen MR) is 112 cm³/mol. The van der Waals surface area contributed by atoms with E-state index in [9.17, 15) is 12.8 Å². The molecular weight excluding hydrogens is 485 g/mol. The third kappa shape index (κ3) is 4.10. The van der Waals surface area contributed by atoms with Gasteiger partial charge in [-0.2, -0.15) is 4.31 Å². The van der Waals surface area contributed by atoms with Gasteiger partial charge in [-0.25, -0.2) is 17.8 Å². The minimum atomic E-state index is -3.75. The Hall–Kier alpha value is -1.78. The number of rotatable bonds is 4. The van der Waals surface area contributed by atoms with E-state index in [1.165, 1.54) is 16.4 Å². The van der Waals surface area contributed by atoms with Crippen molar-refractivity contribution in [3.8, 4) is 22.6 Å². The Morgan fingerprint density at radius 3 is 2.59 bits per heavy atom. The van der Waals surface area contributed by atoms with E-state index in [1.54, 1.807) is 30.5 Å². The summed E-state index contributed by atoms with van der Waals surface area (Å²) in [5, 5.41) is 0.148. The normalized spacial score (nSPS) is 15.6. The third-order valence-electron chi connectivity index (χ3n) is 4.60. The van der Waals surface area contributed by atoms with E-state index in [2.05, 4.69) is 25.9 Å². The summed E-state index contributed by atoms with van der Waals surface area (Å²) in [6, 6.07) is 9.38. The van der Waals surface area contributed by atoms with Crippen molar-refractivity contribution in [1.82, 2.24) is 14.3 Å². The summed E-state index contributed by atoms with van der Waals surface area (Å²) in [4.78, 5) is 7.52. The molecule has 0 radical (unpaired) electrons. The second-order valence-corrected chi connectivity index (χ2v) is 9.60. The molecule has 4 rings (SSSR count). The monoisotopic (exact) mass is 499 g/mol. The zero-order chi connectivity index (χ0) is 20.6. The third-order valence-corrected chi connectivity index (χ3v) is 7.59. The lowest BCUT2D eigenvalue weighted by Gasteiger charge is -2.26. The Labute approximate surface area is 180 Å². The molecule has 2 heterocycles. The number of sulfonamides is 1. The number of nitrogens with zero attached hydrogens (tertiary/aromatic N) is 2. The Balaban J connectivity index is 1.69. The molecule has 3 aromatic rings. The molecule has 10 heteroatoms. The van der Waals surface area contributed by atoms with Gasteiger partial charge < -0.3 is 9.72 Å². The first kappa shape index (κ1) is 20.5. The van der Waals surface area contributed by atoms with Crippen molar-refractivity contribution in [1.29, 1.82) is 0 Å². The van der Waals surface area contributed by atoms with E-state index in [0.717, 1.165) is 5.56 Å². The first-order valence-corrected chi connectivity index (χ1v) is 11.4. The quantitative estimate of drug-likeness (QED) is 0.579. The van der Waals surface area contributed by atoms with Crippen LogP contribution in [0.3, 0.4) is 0 Å². The van der Waals surface area contributed by atoms with Crippen molar-refractivity contribution in [2.24, 2.45) is 0 Å². The topological polar surface area (TPSA) is 75.3 Å². The number of hydrogen-bond acceptors (Lipinski definition) is 4. The largest absolute Gasteiger partial charge is 0.379 e. The van der Waals surface area contributed by atoms with Crippen molar-refractivity contribution in [3.05, 3.63) is 57.9 Å². The zero-order valence-electron chi connectivity index (χ0n) is 15.0. The van der Waals surface area contributed by atoms with E-state index in [4.69, 9.17) is 16.3 Å². The maximum absolute atomic E-state index is 13.5. The number of benzene rings is 2. The van der Waals surface area contributed by atoms with Crippen LogP contribution in [0, 0.1) is 5.82 Å². The van der Waals surface area contributed by atoms with E-state index in [0.29, 0.717) is 34.8 Å². The van der Waals surface area contributed by atoms with Gasteiger partial charge in [-0.1, -0.05) is 11.6 Å². The minimum Gasteiger partial charge on any atom is -0.379 e. The first-order chi connectivity index (χ1) is 13.9. The molecule has 1 N–H and O–H groups in total. The van der Waals surface area contributed by atoms with Crippen LogP contribution in [0.5, 0.6) is 0 Å². The van der Waals surface area contributed by atoms with Gasteiger partial charge in [0, 0.05) is 24.2 Å². The second kappa shape index (κ2) is 8.16. The van der Waals surface area contributed by atoms with Crippen molar-refractivity contribution in [2.75, 3.05) is 26.3 Å². The number of aromatic amines is 1. The van der Waals surface area contributed by atoms with Gasteiger partial charge in [0.1, 0.15) is 16.5 Å². The Bertz CT molecular complexity index is 1160. The number of hydrogen-bond donors (Lipinski definition) is 1. The molecule has 2 aromatic carbocycles. The molecule has 152 valence electrons. The SMILES string of the molecule is O=S(=O)(c1cc(-c2ncc(-c3ccc(F)c(Br)c3)[nH]2)ccc1Cl)N1CCOCC1. The van der Waals surface area contributed by atoms with Crippen LogP contribution in [0.4, 0.5) is 4.39 Å². The average Bonchev–Trinajstić information content (AvgIpc) is 3.21. The standard InChI is InChI=1S/C19H16BrClFN3O3S/c20-14-9-12(2-4-16(14)22)17-11-23-19(24-17)13-1-3-15(21)18(10-13)29(26,27)25-5-7-28-8-6-25/h1-4,9-11H,5-8H2,(H,23,24). The molecule has 1 aromatic heterocycles. The molecule has 0 atom stereocenters. The summed E-state index contributed by atoms with van der Waals surface area (Å²) < 4.78 is 46.4. The van der Waals surface area contributed by atoms with Crippen LogP contribution in [-0.4, -0.2) is 49.0 Å².